The number of fused-ring (bicyclic) bond motifs is 1. The zero-order valence-electron chi connectivity index (χ0n) is 15.4. The van der Waals surface area contributed by atoms with Crippen LogP contribution in [0.2, 0.25) is 0 Å². The Bertz CT molecular complexity index is 749. The number of allylic oxidation sites excluding steroid dienone is 3. The number of ether oxygens (including phenoxy) is 2. The molecule has 1 N–H and O–H groups in total. The van der Waals surface area contributed by atoms with Crippen LogP contribution in [-0.2, 0) is 11.2 Å². The zero-order valence-corrected chi connectivity index (χ0v) is 15.4. The van der Waals surface area contributed by atoms with E-state index in [4.69, 9.17) is 9.47 Å². The molecule has 0 bridgehead atoms. The van der Waals surface area contributed by atoms with E-state index in [-0.39, 0.29) is 17.8 Å². The first-order valence-electron chi connectivity index (χ1n) is 8.97. The molecule has 0 spiro atoms. The van der Waals surface area contributed by atoms with Crippen molar-refractivity contribution in [3.8, 4) is 11.5 Å². The van der Waals surface area contributed by atoms with E-state index < -0.39 is 6.10 Å². The highest BCUT2D eigenvalue weighted by Crippen LogP contribution is 2.50. The number of hydrogen-bond acceptors (Lipinski definition) is 4. The molecular formula is C22H26O4. The van der Waals surface area contributed by atoms with Crippen molar-refractivity contribution in [2.24, 2.45) is 23.7 Å². The van der Waals surface area contributed by atoms with Gasteiger partial charge < -0.3 is 14.6 Å². The fourth-order valence-corrected chi connectivity index (χ4v) is 4.55. The van der Waals surface area contributed by atoms with E-state index in [2.05, 4.69) is 13.2 Å². The third-order valence-electron chi connectivity index (χ3n) is 5.61. The summed E-state index contributed by atoms with van der Waals surface area (Å²) in [5.74, 6) is 1.59. The highest BCUT2D eigenvalue weighted by Gasteiger charge is 2.46. The molecule has 4 nitrogen and oxygen atoms in total. The minimum Gasteiger partial charge on any atom is -0.493 e. The van der Waals surface area contributed by atoms with Crippen molar-refractivity contribution in [1.82, 2.24) is 0 Å². The topological polar surface area (TPSA) is 55.8 Å². The molecule has 1 aromatic carbocycles. The summed E-state index contributed by atoms with van der Waals surface area (Å²) < 4.78 is 10.5. The van der Waals surface area contributed by atoms with E-state index in [1.54, 1.807) is 7.11 Å². The third-order valence-corrected chi connectivity index (χ3v) is 5.61. The second-order valence-corrected chi connectivity index (χ2v) is 7.21. The minimum absolute atomic E-state index is 0.134. The van der Waals surface area contributed by atoms with Crippen LogP contribution in [0.15, 0.2) is 55.2 Å². The predicted octanol–water partition coefficient (Wildman–Crippen LogP) is 3.70. The van der Waals surface area contributed by atoms with E-state index in [0.717, 1.165) is 24.0 Å². The molecule has 3 rings (SSSR count). The van der Waals surface area contributed by atoms with Crippen molar-refractivity contribution in [2.45, 2.75) is 25.9 Å². The zero-order chi connectivity index (χ0) is 18.8. The molecule has 0 aromatic heterocycles. The van der Waals surface area contributed by atoms with Gasteiger partial charge in [-0.15, -0.1) is 6.58 Å². The van der Waals surface area contributed by atoms with Crippen LogP contribution in [0.1, 0.15) is 18.9 Å². The van der Waals surface area contributed by atoms with Gasteiger partial charge in [-0.25, -0.2) is 0 Å². The van der Waals surface area contributed by atoms with Gasteiger partial charge in [0.25, 0.3) is 0 Å². The first-order chi connectivity index (χ1) is 12.4. The van der Waals surface area contributed by atoms with Gasteiger partial charge in [-0.2, -0.15) is 0 Å². The van der Waals surface area contributed by atoms with Crippen molar-refractivity contribution in [2.75, 3.05) is 7.11 Å². The normalized spacial score (nSPS) is 30.0. The summed E-state index contributed by atoms with van der Waals surface area (Å²) in [4.78, 5) is 11.3. The molecule has 1 fully saturated rings. The number of rotatable bonds is 5. The Morgan fingerprint density at radius 3 is 2.81 bits per heavy atom. The van der Waals surface area contributed by atoms with Crippen molar-refractivity contribution in [3.63, 3.8) is 0 Å². The van der Waals surface area contributed by atoms with Gasteiger partial charge in [-0.1, -0.05) is 36.4 Å². The number of benzene rings is 1. The molecule has 4 heteroatoms. The third kappa shape index (κ3) is 3.47. The average Bonchev–Trinajstić information content (AvgIpc) is 2.97. The fraction of sp³-hybridized carbons (Fsp3) is 0.409. The molecule has 0 radical (unpaired) electrons. The molecule has 2 aliphatic rings. The monoisotopic (exact) mass is 354 g/mol. The first kappa shape index (κ1) is 18.5. The van der Waals surface area contributed by atoms with E-state index in [0.29, 0.717) is 23.3 Å². The summed E-state index contributed by atoms with van der Waals surface area (Å²) in [5, 5.41) is 10.6. The van der Waals surface area contributed by atoms with E-state index in [1.807, 2.05) is 36.4 Å². The van der Waals surface area contributed by atoms with Gasteiger partial charge in [0, 0.05) is 6.92 Å². The van der Waals surface area contributed by atoms with Gasteiger partial charge in [0.15, 0.2) is 11.5 Å². The molecular weight excluding hydrogens is 328 g/mol. The average molecular weight is 354 g/mol. The smallest absolute Gasteiger partial charge is 0.308 e. The second kappa shape index (κ2) is 7.50. The lowest BCUT2D eigenvalue weighted by Crippen LogP contribution is -2.32. The highest BCUT2D eigenvalue weighted by atomic mass is 16.6. The van der Waals surface area contributed by atoms with Gasteiger partial charge >= 0.3 is 5.97 Å². The van der Waals surface area contributed by atoms with Gasteiger partial charge in [0.1, 0.15) is 0 Å². The molecule has 0 unspecified atom stereocenters. The largest absolute Gasteiger partial charge is 0.493 e. The Kier molecular flexibility index (Phi) is 5.33. The van der Waals surface area contributed by atoms with Crippen LogP contribution in [0.4, 0.5) is 0 Å². The van der Waals surface area contributed by atoms with Crippen LogP contribution >= 0.6 is 0 Å². The number of aliphatic hydroxyl groups excluding tert-OH is 1. The second-order valence-electron chi connectivity index (χ2n) is 7.21. The van der Waals surface area contributed by atoms with Gasteiger partial charge in [0.05, 0.1) is 13.2 Å². The standard InChI is InChI=1S/C22H26O4/c1-5-16-12-17(22-18(24)8-6-13(2)21(16)22)10-15-7-9-19(25-4)20(11-15)26-14(3)23/h5-9,11,16-18,21-22,24H,1-2,10,12H2,3-4H3/t16-,17+,18+,21+,22+/m1/s1. The summed E-state index contributed by atoms with van der Waals surface area (Å²) in [6.45, 7) is 9.54. The molecule has 2 aliphatic carbocycles. The summed E-state index contributed by atoms with van der Waals surface area (Å²) in [7, 11) is 1.55. The van der Waals surface area contributed by atoms with Crippen molar-refractivity contribution in [1.29, 1.82) is 0 Å². The lowest BCUT2D eigenvalue weighted by molar-refractivity contribution is -0.132. The summed E-state index contributed by atoms with van der Waals surface area (Å²) in [6, 6.07) is 5.67. The fourth-order valence-electron chi connectivity index (χ4n) is 4.55. The first-order valence-corrected chi connectivity index (χ1v) is 8.97. The molecule has 0 aliphatic heterocycles. The van der Waals surface area contributed by atoms with Crippen LogP contribution in [0.3, 0.4) is 0 Å². The molecule has 138 valence electrons. The van der Waals surface area contributed by atoms with Gasteiger partial charge in [-0.3, -0.25) is 4.79 Å². The van der Waals surface area contributed by atoms with Crippen LogP contribution in [0.25, 0.3) is 0 Å². The maximum atomic E-state index is 11.3. The maximum Gasteiger partial charge on any atom is 0.308 e. The lowest BCUT2D eigenvalue weighted by Gasteiger charge is -2.33. The predicted molar refractivity (Wildman–Crippen MR) is 101 cm³/mol. The van der Waals surface area contributed by atoms with Crippen LogP contribution in [0.5, 0.6) is 11.5 Å². The highest BCUT2D eigenvalue weighted by molar-refractivity contribution is 5.70. The molecule has 0 saturated heterocycles. The molecule has 0 heterocycles. The van der Waals surface area contributed by atoms with Crippen molar-refractivity contribution in [3.05, 3.63) is 60.7 Å². The summed E-state index contributed by atoms with van der Waals surface area (Å²) >= 11 is 0. The number of carbonyl (C=O) groups excluding carboxylic acids is 1. The Labute approximate surface area is 154 Å². The number of methoxy groups -OCH3 is 1. The van der Waals surface area contributed by atoms with Crippen LogP contribution in [-0.4, -0.2) is 24.3 Å². The Balaban J connectivity index is 1.86. The van der Waals surface area contributed by atoms with E-state index in [1.165, 1.54) is 6.92 Å². The minimum atomic E-state index is -0.466. The number of hydrogen-bond donors (Lipinski definition) is 1. The Hall–Kier alpha value is -2.33. The van der Waals surface area contributed by atoms with Gasteiger partial charge in [0.2, 0.25) is 0 Å². The van der Waals surface area contributed by atoms with E-state index in [9.17, 15) is 9.90 Å². The lowest BCUT2D eigenvalue weighted by atomic mass is 9.74. The molecule has 0 amide bonds. The number of carbonyl (C=O) groups is 1. The van der Waals surface area contributed by atoms with Crippen molar-refractivity contribution >= 4 is 5.97 Å². The molecule has 1 saturated carbocycles. The van der Waals surface area contributed by atoms with Crippen LogP contribution in [0, 0.1) is 23.7 Å². The Morgan fingerprint density at radius 2 is 2.15 bits per heavy atom. The number of aliphatic hydroxyl groups is 1. The molecule has 26 heavy (non-hydrogen) atoms. The maximum absolute atomic E-state index is 11.3. The quantitative estimate of drug-likeness (QED) is 0.498. The molecule has 5 atom stereocenters. The summed E-state index contributed by atoms with van der Waals surface area (Å²) in [5.41, 5.74) is 2.13. The molecule has 1 aromatic rings. The van der Waals surface area contributed by atoms with Crippen molar-refractivity contribution < 1.29 is 19.4 Å². The number of esters is 1. The SMILES string of the molecule is C=C[C@@H]1C[C@H](Cc2ccc(OC)c(OC(C)=O)c2)[C@@H]2[C@H]1C(=C)C=C[C@@H]2O. The van der Waals surface area contributed by atoms with Crippen LogP contribution < -0.4 is 9.47 Å². The Morgan fingerprint density at radius 1 is 1.38 bits per heavy atom. The van der Waals surface area contributed by atoms with Gasteiger partial charge in [-0.05, 0) is 54.2 Å². The summed E-state index contributed by atoms with van der Waals surface area (Å²) in [6.07, 6.45) is 7.07. The van der Waals surface area contributed by atoms with E-state index >= 15 is 0 Å².